The lowest BCUT2D eigenvalue weighted by molar-refractivity contribution is -0.119. The van der Waals surface area contributed by atoms with Crippen molar-refractivity contribution in [2.24, 2.45) is 0 Å². The van der Waals surface area contributed by atoms with E-state index in [4.69, 9.17) is 0 Å². The molecule has 0 heterocycles. The Morgan fingerprint density at radius 3 is 2.75 bits per heavy atom. The molecule has 0 aliphatic carbocycles. The van der Waals surface area contributed by atoms with Gasteiger partial charge in [-0.25, -0.2) is 4.39 Å². The van der Waals surface area contributed by atoms with Crippen molar-refractivity contribution >= 4 is 27.7 Å². The first kappa shape index (κ1) is 12.6. The van der Waals surface area contributed by atoms with Crippen LogP contribution in [0.1, 0.15) is 10.4 Å². The van der Waals surface area contributed by atoms with Crippen LogP contribution in [0.15, 0.2) is 22.7 Å². The molecule has 0 bridgehead atoms. The highest BCUT2D eigenvalue weighted by atomic mass is 79.9. The van der Waals surface area contributed by atoms with Gasteiger partial charge in [-0.3, -0.25) is 9.59 Å². The van der Waals surface area contributed by atoms with Crippen LogP contribution in [-0.2, 0) is 4.79 Å². The largest absolute Gasteiger partial charge is 0.358 e. The Morgan fingerprint density at radius 1 is 1.44 bits per heavy atom. The highest BCUT2D eigenvalue weighted by Gasteiger charge is 2.13. The normalized spacial score (nSPS) is 9.69. The van der Waals surface area contributed by atoms with Gasteiger partial charge in [0.2, 0.25) is 5.91 Å². The Hall–Kier alpha value is -1.43. The second-order valence-electron chi connectivity index (χ2n) is 2.96. The van der Waals surface area contributed by atoms with Gasteiger partial charge < -0.3 is 10.6 Å². The zero-order valence-electron chi connectivity index (χ0n) is 8.51. The smallest absolute Gasteiger partial charge is 0.252 e. The Balaban J connectivity index is 2.74. The Bertz CT molecular complexity index is 423. The summed E-state index contributed by atoms with van der Waals surface area (Å²) >= 11 is 2.97. The summed E-state index contributed by atoms with van der Waals surface area (Å²) in [6.45, 7) is -0.141. The van der Waals surface area contributed by atoms with E-state index in [0.717, 1.165) is 0 Å². The molecule has 6 heteroatoms. The molecule has 0 unspecified atom stereocenters. The van der Waals surface area contributed by atoms with Gasteiger partial charge in [0.1, 0.15) is 5.82 Å². The molecule has 0 aliphatic heterocycles. The molecule has 0 saturated carbocycles. The van der Waals surface area contributed by atoms with Gasteiger partial charge in [0, 0.05) is 7.05 Å². The Labute approximate surface area is 100 Å². The SMILES string of the molecule is CNC(=O)CNC(=O)c1cccc(F)c1Br. The van der Waals surface area contributed by atoms with Gasteiger partial charge in [-0.2, -0.15) is 0 Å². The maximum atomic E-state index is 13.1. The zero-order valence-corrected chi connectivity index (χ0v) is 10.1. The highest BCUT2D eigenvalue weighted by molar-refractivity contribution is 9.10. The van der Waals surface area contributed by atoms with Crippen molar-refractivity contribution in [3.05, 3.63) is 34.1 Å². The first-order chi connectivity index (χ1) is 7.56. The predicted molar refractivity (Wildman–Crippen MR) is 60.5 cm³/mol. The van der Waals surface area contributed by atoms with E-state index in [1.54, 1.807) is 0 Å². The second kappa shape index (κ2) is 5.60. The summed E-state index contributed by atoms with van der Waals surface area (Å²) in [5.74, 6) is -1.34. The average molecular weight is 289 g/mol. The monoisotopic (exact) mass is 288 g/mol. The standard InChI is InChI=1S/C10H10BrFN2O2/c1-13-8(15)5-14-10(16)6-3-2-4-7(12)9(6)11/h2-4H,5H2,1H3,(H,13,15)(H,14,16). The van der Waals surface area contributed by atoms with Crippen molar-refractivity contribution in [2.75, 3.05) is 13.6 Å². The third-order valence-corrected chi connectivity index (χ3v) is 2.69. The van der Waals surface area contributed by atoms with Crippen molar-refractivity contribution in [1.29, 1.82) is 0 Å². The number of hydrogen-bond donors (Lipinski definition) is 2. The number of hydrogen-bond acceptors (Lipinski definition) is 2. The third kappa shape index (κ3) is 3.03. The van der Waals surface area contributed by atoms with E-state index in [0.29, 0.717) is 0 Å². The number of benzene rings is 1. The maximum absolute atomic E-state index is 13.1. The number of carbonyl (C=O) groups excluding carboxylic acids is 2. The van der Waals surface area contributed by atoms with Crippen LogP contribution in [0.5, 0.6) is 0 Å². The van der Waals surface area contributed by atoms with Gasteiger partial charge in [-0.05, 0) is 28.1 Å². The van der Waals surface area contributed by atoms with E-state index in [-0.39, 0.29) is 22.5 Å². The minimum absolute atomic E-state index is 0.0874. The topological polar surface area (TPSA) is 58.2 Å². The summed E-state index contributed by atoms with van der Waals surface area (Å²) in [6, 6.07) is 4.13. The van der Waals surface area contributed by atoms with E-state index in [9.17, 15) is 14.0 Å². The van der Waals surface area contributed by atoms with E-state index in [1.807, 2.05) is 0 Å². The lowest BCUT2D eigenvalue weighted by Crippen LogP contribution is -2.35. The first-order valence-corrected chi connectivity index (χ1v) is 5.28. The molecule has 2 amide bonds. The van der Waals surface area contributed by atoms with Gasteiger partial charge in [0.25, 0.3) is 5.91 Å². The van der Waals surface area contributed by atoms with Crippen molar-refractivity contribution < 1.29 is 14.0 Å². The molecule has 4 nitrogen and oxygen atoms in total. The van der Waals surface area contributed by atoms with Crippen LogP contribution in [0.3, 0.4) is 0 Å². The van der Waals surface area contributed by atoms with Crippen LogP contribution >= 0.6 is 15.9 Å². The van der Waals surface area contributed by atoms with Crippen molar-refractivity contribution in [2.45, 2.75) is 0 Å². The van der Waals surface area contributed by atoms with Crippen molar-refractivity contribution in [3.8, 4) is 0 Å². The lowest BCUT2D eigenvalue weighted by atomic mass is 10.2. The lowest BCUT2D eigenvalue weighted by Gasteiger charge is -2.06. The zero-order chi connectivity index (χ0) is 12.1. The van der Waals surface area contributed by atoms with Crippen LogP contribution in [0.4, 0.5) is 4.39 Å². The van der Waals surface area contributed by atoms with Gasteiger partial charge >= 0.3 is 0 Å². The minimum Gasteiger partial charge on any atom is -0.358 e. The van der Waals surface area contributed by atoms with Gasteiger partial charge in [0.15, 0.2) is 0 Å². The number of nitrogens with one attached hydrogen (secondary N) is 2. The summed E-state index contributed by atoms with van der Waals surface area (Å²) in [5, 5.41) is 4.73. The molecule has 0 atom stereocenters. The van der Waals surface area contributed by atoms with E-state index >= 15 is 0 Å². The summed E-state index contributed by atoms with van der Waals surface area (Å²) in [5.41, 5.74) is 0.156. The number of likely N-dealkylation sites (N-methyl/N-ethyl adjacent to an activating group) is 1. The molecule has 16 heavy (non-hydrogen) atoms. The quantitative estimate of drug-likeness (QED) is 0.874. The van der Waals surface area contributed by atoms with E-state index in [2.05, 4.69) is 26.6 Å². The highest BCUT2D eigenvalue weighted by Crippen LogP contribution is 2.19. The number of halogens is 2. The fourth-order valence-electron chi connectivity index (χ4n) is 1.02. The molecular weight excluding hydrogens is 279 g/mol. The Kier molecular flexibility index (Phi) is 4.42. The second-order valence-corrected chi connectivity index (χ2v) is 3.75. The van der Waals surface area contributed by atoms with Crippen molar-refractivity contribution in [1.82, 2.24) is 10.6 Å². The van der Waals surface area contributed by atoms with Crippen LogP contribution in [0.2, 0.25) is 0 Å². The molecule has 0 aromatic heterocycles. The molecule has 1 aromatic rings. The number of amides is 2. The molecule has 0 fully saturated rings. The average Bonchev–Trinajstić information content (AvgIpc) is 2.29. The molecule has 1 aromatic carbocycles. The van der Waals surface area contributed by atoms with Gasteiger partial charge in [-0.15, -0.1) is 0 Å². The van der Waals surface area contributed by atoms with E-state index < -0.39 is 11.7 Å². The molecule has 0 saturated heterocycles. The summed E-state index contributed by atoms with van der Waals surface area (Å²) in [7, 11) is 1.46. The number of carbonyl (C=O) groups is 2. The molecular formula is C10H10BrFN2O2. The molecule has 0 spiro atoms. The van der Waals surface area contributed by atoms with Gasteiger partial charge in [0.05, 0.1) is 16.6 Å². The first-order valence-electron chi connectivity index (χ1n) is 4.49. The predicted octanol–water partition coefficient (Wildman–Crippen LogP) is 1.06. The van der Waals surface area contributed by atoms with Crippen molar-refractivity contribution in [3.63, 3.8) is 0 Å². The minimum atomic E-state index is -0.521. The summed E-state index contributed by atoms with van der Waals surface area (Å²) in [4.78, 5) is 22.4. The number of rotatable bonds is 3. The summed E-state index contributed by atoms with van der Waals surface area (Å²) in [6.07, 6.45) is 0. The fraction of sp³-hybridized carbons (Fsp3) is 0.200. The fourth-order valence-corrected chi connectivity index (χ4v) is 1.47. The van der Waals surface area contributed by atoms with Crippen LogP contribution in [0.25, 0.3) is 0 Å². The molecule has 1 rings (SSSR count). The third-order valence-electron chi connectivity index (χ3n) is 1.88. The summed E-state index contributed by atoms with van der Waals surface area (Å²) < 4.78 is 13.2. The van der Waals surface area contributed by atoms with Crippen LogP contribution < -0.4 is 10.6 Å². The molecule has 2 N–H and O–H groups in total. The Morgan fingerprint density at radius 2 is 2.12 bits per heavy atom. The van der Waals surface area contributed by atoms with Gasteiger partial charge in [-0.1, -0.05) is 6.07 Å². The van der Waals surface area contributed by atoms with E-state index in [1.165, 1.54) is 25.2 Å². The molecule has 0 radical (unpaired) electrons. The van der Waals surface area contributed by atoms with Crippen LogP contribution in [-0.4, -0.2) is 25.4 Å². The van der Waals surface area contributed by atoms with Crippen LogP contribution in [0, 0.1) is 5.82 Å². The maximum Gasteiger partial charge on any atom is 0.252 e. The molecule has 86 valence electrons. The molecule has 0 aliphatic rings.